The van der Waals surface area contributed by atoms with Crippen molar-refractivity contribution in [1.82, 2.24) is 10.2 Å². The van der Waals surface area contributed by atoms with Gasteiger partial charge in [-0.1, -0.05) is 6.92 Å². The molecule has 2 aliphatic heterocycles. The number of likely N-dealkylation sites (tertiary alicyclic amines) is 1. The first-order valence-electron chi connectivity index (χ1n) is 10.8. The van der Waals surface area contributed by atoms with Crippen LogP contribution in [0.4, 0.5) is 16.2 Å². The highest BCUT2D eigenvalue weighted by molar-refractivity contribution is 5.97. The second-order valence-corrected chi connectivity index (χ2v) is 8.15. The molecule has 0 aliphatic carbocycles. The van der Waals surface area contributed by atoms with Crippen molar-refractivity contribution in [2.24, 2.45) is 5.92 Å². The molecule has 1 aromatic carbocycles. The van der Waals surface area contributed by atoms with E-state index in [-0.39, 0.29) is 11.9 Å². The summed E-state index contributed by atoms with van der Waals surface area (Å²) in [5.41, 5.74) is 1.37. The fourth-order valence-corrected chi connectivity index (χ4v) is 4.00. The van der Waals surface area contributed by atoms with Crippen molar-refractivity contribution in [2.75, 3.05) is 50.1 Å². The van der Waals surface area contributed by atoms with Gasteiger partial charge in [-0.2, -0.15) is 0 Å². The Bertz CT molecular complexity index is 701. The van der Waals surface area contributed by atoms with Gasteiger partial charge in [0.1, 0.15) is 5.75 Å². The lowest BCUT2D eigenvalue weighted by atomic mass is 9.99. The van der Waals surface area contributed by atoms with Gasteiger partial charge in [0, 0.05) is 25.2 Å². The summed E-state index contributed by atoms with van der Waals surface area (Å²) in [7, 11) is 1.59. The van der Waals surface area contributed by atoms with Gasteiger partial charge in [-0.15, -0.1) is 0 Å². The van der Waals surface area contributed by atoms with E-state index in [9.17, 15) is 9.59 Å². The number of piperidine rings is 2. The van der Waals surface area contributed by atoms with Crippen LogP contribution in [-0.4, -0.2) is 56.7 Å². The van der Waals surface area contributed by atoms with E-state index in [2.05, 4.69) is 22.5 Å². The Balaban J connectivity index is 1.48. The summed E-state index contributed by atoms with van der Waals surface area (Å²) >= 11 is 0. The lowest BCUT2D eigenvalue weighted by Crippen LogP contribution is -2.36. The minimum Gasteiger partial charge on any atom is -0.495 e. The molecule has 0 saturated carbocycles. The molecule has 0 atom stereocenters. The molecule has 2 heterocycles. The summed E-state index contributed by atoms with van der Waals surface area (Å²) in [5.74, 6) is 1.58. The predicted molar refractivity (Wildman–Crippen MR) is 116 cm³/mol. The summed E-state index contributed by atoms with van der Waals surface area (Å²) in [6.07, 6.45) is 5.94. The molecule has 7 heteroatoms. The standard InChI is InChI=1S/C22H34N4O3/c1-17-9-14-25(15-10-17)12-5-11-23-22(28)24-18-7-8-20(29-2)19(16-18)26-13-4-3-6-21(26)27/h7-8,16-17H,3-6,9-15H2,1-2H3,(H2,23,24,28). The van der Waals surface area contributed by atoms with Crippen LogP contribution in [0.1, 0.15) is 45.4 Å². The van der Waals surface area contributed by atoms with Crippen molar-refractivity contribution in [2.45, 2.75) is 45.4 Å². The molecular formula is C22H34N4O3. The average Bonchev–Trinajstić information content (AvgIpc) is 2.73. The van der Waals surface area contributed by atoms with Crippen LogP contribution in [0.15, 0.2) is 18.2 Å². The minimum absolute atomic E-state index is 0.100. The minimum atomic E-state index is -0.224. The molecule has 0 unspecified atom stereocenters. The van der Waals surface area contributed by atoms with Crippen LogP contribution < -0.4 is 20.3 Å². The molecule has 160 valence electrons. The summed E-state index contributed by atoms with van der Waals surface area (Å²) in [5, 5.41) is 5.80. The second kappa shape index (κ2) is 10.5. The second-order valence-electron chi connectivity index (χ2n) is 8.15. The lowest BCUT2D eigenvalue weighted by molar-refractivity contribution is -0.119. The summed E-state index contributed by atoms with van der Waals surface area (Å²) < 4.78 is 5.42. The average molecular weight is 403 g/mol. The SMILES string of the molecule is COc1ccc(NC(=O)NCCCN2CCC(C)CC2)cc1N1CCCCC1=O. The summed E-state index contributed by atoms with van der Waals surface area (Å²) in [4.78, 5) is 28.8. The lowest BCUT2D eigenvalue weighted by Gasteiger charge is -2.30. The smallest absolute Gasteiger partial charge is 0.319 e. The van der Waals surface area contributed by atoms with Gasteiger partial charge in [-0.25, -0.2) is 4.79 Å². The Hall–Kier alpha value is -2.28. The third-order valence-corrected chi connectivity index (χ3v) is 5.86. The number of carbonyl (C=O) groups is 2. The number of ether oxygens (including phenoxy) is 1. The van der Waals surface area contributed by atoms with Gasteiger partial charge in [-0.05, 0) is 75.9 Å². The van der Waals surface area contributed by atoms with Gasteiger partial charge in [0.25, 0.3) is 0 Å². The highest BCUT2D eigenvalue weighted by Crippen LogP contribution is 2.33. The number of nitrogens with zero attached hydrogens (tertiary/aromatic N) is 2. The number of amides is 3. The highest BCUT2D eigenvalue weighted by Gasteiger charge is 2.23. The van der Waals surface area contributed by atoms with E-state index in [4.69, 9.17) is 4.74 Å². The molecule has 29 heavy (non-hydrogen) atoms. The van der Waals surface area contributed by atoms with E-state index < -0.39 is 0 Å². The third kappa shape index (κ3) is 6.10. The van der Waals surface area contributed by atoms with E-state index in [1.807, 2.05) is 6.07 Å². The van der Waals surface area contributed by atoms with Gasteiger partial charge in [-0.3, -0.25) is 4.79 Å². The molecule has 1 aromatic rings. The number of nitrogens with one attached hydrogen (secondary N) is 2. The van der Waals surface area contributed by atoms with Crippen LogP contribution in [0.2, 0.25) is 0 Å². The van der Waals surface area contributed by atoms with Crippen LogP contribution in [0.25, 0.3) is 0 Å². The number of urea groups is 1. The number of hydrogen-bond donors (Lipinski definition) is 2. The molecule has 0 aromatic heterocycles. The maximum absolute atomic E-state index is 12.3. The number of rotatable bonds is 7. The highest BCUT2D eigenvalue weighted by atomic mass is 16.5. The zero-order valence-corrected chi connectivity index (χ0v) is 17.7. The normalized spacial score (nSPS) is 18.6. The molecular weight excluding hydrogens is 368 g/mol. The maximum Gasteiger partial charge on any atom is 0.319 e. The number of anilines is 2. The van der Waals surface area contributed by atoms with Crippen LogP contribution in [0.3, 0.4) is 0 Å². The van der Waals surface area contributed by atoms with Crippen molar-refractivity contribution in [1.29, 1.82) is 0 Å². The molecule has 7 nitrogen and oxygen atoms in total. The quantitative estimate of drug-likeness (QED) is 0.685. The van der Waals surface area contributed by atoms with Crippen LogP contribution in [0, 0.1) is 5.92 Å². The molecule has 2 saturated heterocycles. The fourth-order valence-electron chi connectivity index (χ4n) is 4.00. The van der Waals surface area contributed by atoms with Crippen molar-refractivity contribution >= 4 is 23.3 Å². The molecule has 3 amide bonds. The van der Waals surface area contributed by atoms with Gasteiger partial charge < -0.3 is 25.2 Å². The van der Waals surface area contributed by atoms with Gasteiger partial charge in [0.05, 0.1) is 12.8 Å². The van der Waals surface area contributed by atoms with Gasteiger partial charge in [0.2, 0.25) is 5.91 Å². The summed E-state index contributed by atoms with van der Waals surface area (Å²) in [6, 6.07) is 5.18. The van der Waals surface area contributed by atoms with Crippen molar-refractivity contribution in [3.05, 3.63) is 18.2 Å². The van der Waals surface area contributed by atoms with Gasteiger partial charge >= 0.3 is 6.03 Å². The van der Waals surface area contributed by atoms with E-state index >= 15 is 0 Å². The van der Waals surface area contributed by atoms with E-state index in [1.54, 1.807) is 24.1 Å². The molecule has 0 radical (unpaired) electrons. The van der Waals surface area contributed by atoms with Crippen molar-refractivity contribution in [3.8, 4) is 5.75 Å². The number of methoxy groups -OCH3 is 1. The van der Waals surface area contributed by atoms with E-state index in [0.717, 1.165) is 44.8 Å². The fraction of sp³-hybridized carbons (Fsp3) is 0.636. The first kappa shape index (κ1) is 21.4. The van der Waals surface area contributed by atoms with Crippen LogP contribution in [-0.2, 0) is 4.79 Å². The molecule has 2 fully saturated rings. The number of benzene rings is 1. The monoisotopic (exact) mass is 402 g/mol. The Morgan fingerprint density at radius 2 is 2.00 bits per heavy atom. The van der Waals surface area contributed by atoms with Crippen molar-refractivity contribution < 1.29 is 14.3 Å². The predicted octanol–water partition coefficient (Wildman–Crippen LogP) is 3.46. The zero-order valence-electron chi connectivity index (χ0n) is 17.7. The molecule has 2 N–H and O–H groups in total. The molecule has 0 bridgehead atoms. The van der Waals surface area contributed by atoms with E-state index in [1.165, 1.54) is 12.8 Å². The third-order valence-electron chi connectivity index (χ3n) is 5.86. The molecule has 3 rings (SSSR count). The topological polar surface area (TPSA) is 73.9 Å². The molecule has 2 aliphatic rings. The number of hydrogen-bond acceptors (Lipinski definition) is 4. The Kier molecular flexibility index (Phi) is 7.75. The Morgan fingerprint density at radius 3 is 2.72 bits per heavy atom. The zero-order chi connectivity index (χ0) is 20.6. The first-order chi connectivity index (χ1) is 14.1. The maximum atomic E-state index is 12.3. The summed E-state index contributed by atoms with van der Waals surface area (Å²) in [6.45, 7) is 6.99. The van der Waals surface area contributed by atoms with Crippen molar-refractivity contribution in [3.63, 3.8) is 0 Å². The van der Waals surface area contributed by atoms with E-state index in [0.29, 0.717) is 36.6 Å². The number of carbonyl (C=O) groups excluding carboxylic acids is 2. The Labute approximate surface area is 173 Å². The molecule has 0 spiro atoms. The van der Waals surface area contributed by atoms with Crippen LogP contribution >= 0.6 is 0 Å². The van der Waals surface area contributed by atoms with Crippen LogP contribution in [0.5, 0.6) is 5.75 Å². The Morgan fingerprint density at radius 1 is 1.21 bits per heavy atom. The van der Waals surface area contributed by atoms with Gasteiger partial charge in [0.15, 0.2) is 0 Å². The first-order valence-corrected chi connectivity index (χ1v) is 10.8. The largest absolute Gasteiger partial charge is 0.495 e.